The monoisotopic (exact) mass is 758 g/mol. The highest BCUT2D eigenvalue weighted by atomic mass is 32.1. The smallest absolute Gasteiger partial charge is 0.164 e. The van der Waals surface area contributed by atoms with Crippen molar-refractivity contribution in [3.63, 3.8) is 0 Å². The van der Waals surface area contributed by atoms with Crippen LogP contribution < -0.4 is 0 Å². The van der Waals surface area contributed by atoms with Gasteiger partial charge in [0.15, 0.2) is 17.5 Å². The van der Waals surface area contributed by atoms with E-state index in [-0.39, 0.29) is 0 Å². The number of benzene rings is 8. The zero-order chi connectivity index (χ0) is 38.2. The molecule has 0 amide bonds. The van der Waals surface area contributed by atoms with Crippen LogP contribution in [0.25, 0.3) is 120 Å². The summed E-state index contributed by atoms with van der Waals surface area (Å²) in [4.78, 5) is 20.9. The van der Waals surface area contributed by atoms with Crippen LogP contribution in [0.5, 0.6) is 0 Å². The van der Waals surface area contributed by atoms with Crippen LogP contribution in [0.2, 0.25) is 0 Å². The minimum Gasteiger partial charge on any atom is -0.456 e. The maximum absolute atomic E-state index is 6.33. The number of furan rings is 1. The Kier molecular flexibility index (Phi) is 7.33. The predicted octanol–water partition coefficient (Wildman–Crippen LogP) is 14.2. The van der Waals surface area contributed by atoms with E-state index in [2.05, 4.69) is 140 Å². The molecule has 6 heteroatoms. The number of hydrogen-bond donors (Lipinski definition) is 0. The molecule has 0 atom stereocenters. The molecular weight excluding hydrogens is 729 g/mol. The first-order valence-electron chi connectivity index (χ1n) is 19.3. The Morgan fingerprint density at radius 3 is 1.78 bits per heavy atom. The van der Waals surface area contributed by atoms with Gasteiger partial charge in [-0.15, -0.1) is 11.3 Å². The van der Waals surface area contributed by atoms with Gasteiger partial charge in [0.1, 0.15) is 11.2 Å². The molecule has 5 nitrogen and oxygen atoms in total. The summed E-state index contributed by atoms with van der Waals surface area (Å²) >= 11 is 1.81. The number of thiophene rings is 1. The Hall–Kier alpha value is -7.54. The first kappa shape index (κ1) is 32.7. The largest absolute Gasteiger partial charge is 0.456 e. The van der Waals surface area contributed by atoms with E-state index in [0.29, 0.717) is 17.5 Å². The van der Waals surface area contributed by atoms with Gasteiger partial charge in [-0.2, -0.15) is 0 Å². The summed E-state index contributed by atoms with van der Waals surface area (Å²) in [7, 11) is 0. The van der Waals surface area contributed by atoms with Gasteiger partial charge < -0.3 is 4.42 Å². The highest BCUT2D eigenvalue weighted by Crippen LogP contribution is 2.44. The van der Waals surface area contributed by atoms with Gasteiger partial charge in [-0.1, -0.05) is 133 Å². The van der Waals surface area contributed by atoms with Gasteiger partial charge in [0.2, 0.25) is 0 Å². The van der Waals surface area contributed by atoms with Gasteiger partial charge in [0.25, 0.3) is 0 Å². The Morgan fingerprint density at radius 2 is 0.948 bits per heavy atom. The number of nitrogens with zero attached hydrogens (tertiary/aromatic N) is 4. The molecule has 4 heterocycles. The van der Waals surface area contributed by atoms with E-state index in [4.69, 9.17) is 24.4 Å². The van der Waals surface area contributed by atoms with Crippen LogP contribution in [0.4, 0.5) is 0 Å². The van der Waals surface area contributed by atoms with E-state index in [1.54, 1.807) is 0 Å². The summed E-state index contributed by atoms with van der Waals surface area (Å²) in [5.41, 5.74) is 9.56. The lowest BCUT2D eigenvalue weighted by molar-refractivity contribution is 0.669. The van der Waals surface area contributed by atoms with Crippen LogP contribution in [0, 0.1) is 0 Å². The molecule has 0 aliphatic carbocycles. The number of pyridine rings is 1. The average Bonchev–Trinajstić information content (AvgIpc) is 3.87. The average molecular weight is 759 g/mol. The van der Waals surface area contributed by atoms with Crippen LogP contribution in [0.1, 0.15) is 0 Å². The predicted molar refractivity (Wildman–Crippen MR) is 240 cm³/mol. The number of hydrogen-bond acceptors (Lipinski definition) is 6. The van der Waals surface area contributed by atoms with E-state index in [9.17, 15) is 0 Å². The Bertz CT molecular complexity index is 3570. The lowest BCUT2D eigenvalue weighted by Gasteiger charge is -2.13. The normalized spacial score (nSPS) is 11.8. The molecule has 0 saturated heterocycles. The lowest BCUT2D eigenvalue weighted by Crippen LogP contribution is -2.01. The van der Waals surface area contributed by atoms with Crippen molar-refractivity contribution in [1.82, 2.24) is 19.9 Å². The molecule has 12 rings (SSSR count). The Labute approximate surface area is 336 Å². The molecule has 0 N–H and O–H groups in total. The topological polar surface area (TPSA) is 64.7 Å². The van der Waals surface area contributed by atoms with Crippen molar-refractivity contribution in [2.45, 2.75) is 0 Å². The number of para-hydroxylation sites is 2. The fourth-order valence-corrected chi connectivity index (χ4v) is 9.53. The van der Waals surface area contributed by atoms with E-state index in [0.717, 1.165) is 82.7 Å². The van der Waals surface area contributed by atoms with Gasteiger partial charge in [-0.3, -0.25) is 0 Å². The molecule has 0 fully saturated rings. The molecule has 0 radical (unpaired) electrons. The van der Waals surface area contributed by atoms with Crippen LogP contribution in [-0.4, -0.2) is 19.9 Å². The summed E-state index contributed by atoms with van der Waals surface area (Å²) in [5.74, 6) is 1.79. The van der Waals surface area contributed by atoms with Crippen molar-refractivity contribution in [3.05, 3.63) is 182 Å². The minimum atomic E-state index is 0.579. The Morgan fingerprint density at radius 1 is 0.345 bits per heavy atom. The van der Waals surface area contributed by atoms with E-state index >= 15 is 0 Å². The number of rotatable bonds is 5. The third-order valence-corrected chi connectivity index (χ3v) is 12.3. The quantitative estimate of drug-likeness (QED) is 0.164. The third-order valence-electron chi connectivity index (χ3n) is 11.1. The molecule has 0 unspecified atom stereocenters. The van der Waals surface area contributed by atoms with Crippen molar-refractivity contribution in [2.24, 2.45) is 0 Å². The molecule has 0 aliphatic rings. The van der Waals surface area contributed by atoms with E-state index in [1.807, 2.05) is 53.8 Å². The van der Waals surface area contributed by atoms with Crippen LogP contribution in [0.3, 0.4) is 0 Å². The summed E-state index contributed by atoms with van der Waals surface area (Å²) in [6.07, 6.45) is 0. The van der Waals surface area contributed by atoms with Crippen LogP contribution >= 0.6 is 11.3 Å². The maximum Gasteiger partial charge on any atom is 0.164 e. The summed E-state index contributed by atoms with van der Waals surface area (Å²) in [5, 5.41) is 7.99. The highest BCUT2D eigenvalue weighted by molar-refractivity contribution is 7.26. The lowest BCUT2D eigenvalue weighted by atomic mass is 9.96. The Balaban J connectivity index is 1.11. The molecule has 58 heavy (non-hydrogen) atoms. The molecule has 0 spiro atoms. The molecule has 12 aromatic rings. The molecule has 0 saturated carbocycles. The molecule has 4 aromatic heterocycles. The van der Waals surface area contributed by atoms with Gasteiger partial charge in [0, 0.05) is 69.4 Å². The van der Waals surface area contributed by atoms with Crippen molar-refractivity contribution >= 4 is 75.1 Å². The highest BCUT2D eigenvalue weighted by Gasteiger charge is 2.20. The second-order valence-corrected chi connectivity index (χ2v) is 15.6. The van der Waals surface area contributed by atoms with Gasteiger partial charge in [-0.05, 0) is 59.7 Å². The first-order chi connectivity index (χ1) is 28.7. The standard InChI is InChI=1S/C52H30N4OS/c1-3-13-31(14-4-1)35-17-7-8-19-38(35)52-55-50(54-51(56-52)34-23-25-37-36-18-10-12-22-43(36)57-44(37)30-34)33-24-27-45-41(29-33)48-46(58-45)28-26-40-47(48)39-20-9-11-21-42(39)53-49(40)32-15-5-2-6-16-32/h1-30H. The van der Waals surface area contributed by atoms with E-state index < -0.39 is 0 Å². The molecule has 0 aliphatic heterocycles. The first-order valence-corrected chi connectivity index (χ1v) is 20.1. The van der Waals surface area contributed by atoms with Gasteiger partial charge in [-0.25, -0.2) is 19.9 Å². The second-order valence-electron chi connectivity index (χ2n) is 14.5. The zero-order valence-corrected chi connectivity index (χ0v) is 31.7. The number of fused-ring (bicyclic) bond motifs is 10. The van der Waals surface area contributed by atoms with Crippen molar-refractivity contribution in [2.75, 3.05) is 0 Å². The number of aromatic nitrogens is 4. The van der Waals surface area contributed by atoms with Crippen LogP contribution in [-0.2, 0) is 0 Å². The van der Waals surface area contributed by atoms with Gasteiger partial charge in [0.05, 0.1) is 11.2 Å². The fourth-order valence-electron chi connectivity index (χ4n) is 8.43. The molecule has 0 bridgehead atoms. The molecule has 270 valence electrons. The minimum absolute atomic E-state index is 0.579. The summed E-state index contributed by atoms with van der Waals surface area (Å²) in [6.45, 7) is 0. The molecular formula is C52H30N4OS. The third kappa shape index (κ3) is 5.23. The van der Waals surface area contributed by atoms with Crippen molar-refractivity contribution < 1.29 is 4.42 Å². The maximum atomic E-state index is 6.33. The van der Waals surface area contributed by atoms with Gasteiger partial charge >= 0.3 is 0 Å². The van der Waals surface area contributed by atoms with Crippen molar-refractivity contribution in [1.29, 1.82) is 0 Å². The van der Waals surface area contributed by atoms with Crippen LogP contribution in [0.15, 0.2) is 186 Å². The summed E-state index contributed by atoms with van der Waals surface area (Å²) < 4.78 is 8.76. The summed E-state index contributed by atoms with van der Waals surface area (Å²) in [6, 6.07) is 63.2. The SMILES string of the molecule is c1ccc(-c2ccccc2-c2nc(-c3ccc4c(c3)oc3ccccc34)nc(-c3ccc4sc5ccc6c(-c7ccccc7)nc7ccccc7c6c5c4c3)n2)cc1. The second kappa shape index (κ2) is 13.0. The van der Waals surface area contributed by atoms with E-state index in [1.165, 1.54) is 20.2 Å². The molecule has 8 aromatic carbocycles. The zero-order valence-electron chi connectivity index (χ0n) is 30.9. The fraction of sp³-hybridized carbons (Fsp3) is 0. The van der Waals surface area contributed by atoms with Crippen molar-refractivity contribution in [3.8, 4) is 56.5 Å².